The largest absolute Gasteiger partial charge is 0.480 e. The molecule has 0 aromatic heterocycles. The molecule has 1 aliphatic heterocycles. The van der Waals surface area contributed by atoms with Crippen molar-refractivity contribution in [3.05, 3.63) is 59.7 Å². The van der Waals surface area contributed by atoms with Gasteiger partial charge in [-0.25, -0.2) is 9.59 Å². The third-order valence-corrected chi connectivity index (χ3v) is 7.18. The second kappa shape index (κ2) is 10.5. The normalized spacial score (nSPS) is 19.8. The molecule has 2 aliphatic rings. The Labute approximate surface area is 206 Å². The van der Waals surface area contributed by atoms with Gasteiger partial charge in [-0.3, -0.25) is 4.79 Å². The molecule has 7 nitrogen and oxygen atoms in total. The second-order valence-corrected chi connectivity index (χ2v) is 10.1. The summed E-state index contributed by atoms with van der Waals surface area (Å²) in [6.07, 6.45) is 0.648. The van der Waals surface area contributed by atoms with E-state index in [1.165, 1.54) is 4.90 Å². The summed E-state index contributed by atoms with van der Waals surface area (Å²) in [6, 6.07) is 15.5. The number of alkyl carbamates (subject to hydrolysis) is 1. The Balaban J connectivity index is 1.38. The molecule has 1 fully saturated rings. The number of carbonyl (C=O) groups is 3. The molecule has 2 amide bonds. The van der Waals surface area contributed by atoms with Gasteiger partial charge in [0.2, 0.25) is 5.91 Å². The van der Waals surface area contributed by atoms with Crippen LogP contribution in [0.3, 0.4) is 0 Å². The maximum absolute atomic E-state index is 13.3. The zero-order valence-corrected chi connectivity index (χ0v) is 20.6. The first-order chi connectivity index (χ1) is 16.8. The molecule has 3 unspecified atom stereocenters. The van der Waals surface area contributed by atoms with Crippen LogP contribution in [0.4, 0.5) is 4.79 Å². The highest BCUT2D eigenvalue weighted by atomic mass is 16.5. The Kier molecular flexibility index (Phi) is 7.43. The fraction of sp³-hybridized carbons (Fsp3) is 0.464. The van der Waals surface area contributed by atoms with Crippen molar-refractivity contribution in [1.29, 1.82) is 0 Å². The number of benzene rings is 2. The molecular formula is C28H34N2O5. The number of ether oxygens (including phenoxy) is 1. The molecule has 2 aromatic carbocycles. The molecule has 35 heavy (non-hydrogen) atoms. The minimum Gasteiger partial charge on any atom is -0.480 e. The van der Waals surface area contributed by atoms with Gasteiger partial charge in [-0.2, -0.15) is 0 Å². The number of likely N-dealkylation sites (tertiary alicyclic amines) is 1. The average Bonchev–Trinajstić information content (AvgIpc) is 3.38. The van der Waals surface area contributed by atoms with Gasteiger partial charge in [0.05, 0.1) is 5.92 Å². The molecule has 7 heteroatoms. The monoisotopic (exact) mass is 478 g/mol. The summed E-state index contributed by atoms with van der Waals surface area (Å²) in [4.78, 5) is 39.1. The van der Waals surface area contributed by atoms with Crippen molar-refractivity contribution in [2.24, 2.45) is 17.8 Å². The van der Waals surface area contributed by atoms with Gasteiger partial charge >= 0.3 is 12.1 Å². The fourth-order valence-electron chi connectivity index (χ4n) is 5.50. The molecule has 0 radical (unpaired) electrons. The third kappa shape index (κ3) is 5.19. The van der Waals surface area contributed by atoms with Gasteiger partial charge in [0.1, 0.15) is 12.6 Å². The van der Waals surface area contributed by atoms with Crippen molar-refractivity contribution in [1.82, 2.24) is 10.2 Å². The van der Waals surface area contributed by atoms with Crippen LogP contribution in [0.1, 0.15) is 50.7 Å². The predicted molar refractivity (Wildman–Crippen MR) is 133 cm³/mol. The Bertz CT molecular complexity index is 1050. The number of carboxylic acid groups (broad SMARTS) is 1. The van der Waals surface area contributed by atoms with E-state index in [9.17, 15) is 19.5 Å². The summed E-state index contributed by atoms with van der Waals surface area (Å²) in [5, 5.41) is 12.4. The first-order valence-electron chi connectivity index (χ1n) is 12.4. The lowest BCUT2D eigenvalue weighted by Crippen LogP contribution is -2.48. The lowest BCUT2D eigenvalue weighted by Gasteiger charge is -2.29. The van der Waals surface area contributed by atoms with Crippen molar-refractivity contribution in [2.45, 2.75) is 45.6 Å². The molecule has 0 saturated carbocycles. The van der Waals surface area contributed by atoms with Crippen molar-refractivity contribution in [2.75, 3.05) is 19.7 Å². The zero-order valence-electron chi connectivity index (χ0n) is 20.6. The summed E-state index contributed by atoms with van der Waals surface area (Å²) in [7, 11) is 0. The van der Waals surface area contributed by atoms with Gasteiger partial charge in [0.25, 0.3) is 0 Å². The van der Waals surface area contributed by atoms with Gasteiger partial charge in [0.15, 0.2) is 0 Å². The molecule has 0 spiro atoms. The van der Waals surface area contributed by atoms with E-state index in [1.807, 2.05) is 45.0 Å². The summed E-state index contributed by atoms with van der Waals surface area (Å²) in [5.74, 6) is -1.60. The quantitative estimate of drug-likeness (QED) is 0.582. The smallest absolute Gasteiger partial charge is 0.407 e. The molecule has 1 aliphatic carbocycles. The lowest BCUT2D eigenvalue weighted by molar-refractivity contribution is -0.151. The van der Waals surface area contributed by atoms with Crippen molar-refractivity contribution < 1.29 is 24.2 Å². The van der Waals surface area contributed by atoms with Crippen LogP contribution in [0.25, 0.3) is 11.1 Å². The van der Waals surface area contributed by atoms with Crippen molar-refractivity contribution in [3.8, 4) is 11.1 Å². The molecule has 2 N–H and O–H groups in total. The molecule has 2 aromatic rings. The van der Waals surface area contributed by atoms with Gasteiger partial charge in [-0.15, -0.1) is 0 Å². The SMILES string of the molecule is CC(C)CC(CNC(=O)OCC1c2ccccc2-c2ccccc21)C(=O)N1CCC(C)C1C(=O)O. The Morgan fingerprint density at radius 1 is 1.06 bits per heavy atom. The number of aliphatic carboxylic acids is 1. The number of nitrogens with zero attached hydrogens (tertiary/aromatic N) is 1. The molecule has 1 saturated heterocycles. The number of rotatable bonds is 8. The summed E-state index contributed by atoms with van der Waals surface area (Å²) < 4.78 is 5.61. The molecular weight excluding hydrogens is 444 g/mol. The van der Waals surface area contributed by atoms with E-state index in [0.717, 1.165) is 22.3 Å². The van der Waals surface area contributed by atoms with Crippen molar-refractivity contribution >= 4 is 18.0 Å². The third-order valence-electron chi connectivity index (χ3n) is 7.18. The highest BCUT2D eigenvalue weighted by Crippen LogP contribution is 2.44. The Hall–Kier alpha value is -3.35. The molecule has 1 heterocycles. The van der Waals surface area contributed by atoms with Crippen LogP contribution in [0.15, 0.2) is 48.5 Å². The van der Waals surface area contributed by atoms with Gasteiger partial charge in [0, 0.05) is 19.0 Å². The van der Waals surface area contributed by atoms with E-state index in [1.54, 1.807) is 0 Å². The first kappa shape index (κ1) is 24.8. The molecule has 0 bridgehead atoms. The van der Waals surface area contributed by atoms with Crippen molar-refractivity contribution in [3.63, 3.8) is 0 Å². The number of fused-ring (bicyclic) bond motifs is 3. The van der Waals surface area contributed by atoms with Gasteiger partial charge in [-0.1, -0.05) is 69.3 Å². The van der Waals surface area contributed by atoms with Crippen LogP contribution in [-0.4, -0.2) is 53.7 Å². The topological polar surface area (TPSA) is 95.9 Å². The maximum atomic E-state index is 13.3. The van der Waals surface area contributed by atoms with E-state index >= 15 is 0 Å². The van der Waals surface area contributed by atoms with Gasteiger partial charge < -0.3 is 20.1 Å². The second-order valence-electron chi connectivity index (χ2n) is 10.1. The fourth-order valence-corrected chi connectivity index (χ4v) is 5.50. The lowest BCUT2D eigenvalue weighted by atomic mass is 9.95. The van der Waals surface area contributed by atoms with Crippen LogP contribution in [0.5, 0.6) is 0 Å². The minimum atomic E-state index is -0.976. The Morgan fingerprint density at radius 3 is 2.23 bits per heavy atom. The van der Waals surface area contributed by atoms with Crippen LogP contribution in [0.2, 0.25) is 0 Å². The van der Waals surface area contributed by atoms with E-state index in [-0.39, 0.29) is 36.8 Å². The standard InChI is InChI=1S/C28H34N2O5/c1-17(2)14-19(26(31)30-13-12-18(3)25(30)27(32)33)15-29-28(34)35-16-24-22-10-6-4-8-20(22)21-9-5-7-11-23(21)24/h4-11,17-19,24-25H,12-16H2,1-3H3,(H,29,34)(H,32,33). The van der Waals surface area contributed by atoms with Crippen LogP contribution in [-0.2, 0) is 14.3 Å². The highest BCUT2D eigenvalue weighted by molar-refractivity contribution is 5.86. The number of carbonyl (C=O) groups excluding carboxylic acids is 2. The van der Waals surface area contributed by atoms with E-state index in [0.29, 0.717) is 19.4 Å². The molecule has 3 atom stereocenters. The van der Waals surface area contributed by atoms with E-state index in [4.69, 9.17) is 4.74 Å². The van der Waals surface area contributed by atoms with Gasteiger partial charge in [-0.05, 0) is 46.9 Å². The van der Waals surface area contributed by atoms with Crippen LogP contribution < -0.4 is 5.32 Å². The van der Waals surface area contributed by atoms with Crippen LogP contribution >= 0.6 is 0 Å². The summed E-state index contributed by atoms with van der Waals surface area (Å²) >= 11 is 0. The Morgan fingerprint density at radius 2 is 1.66 bits per heavy atom. The van der Waals surface area contributed by atoms with Crippen LogP contribution in [0, 0.1) is 17.8 Å². The minimum absolute atomic E-state index is 0.0383. The molecule has 4 rings (SSSR count). The number of hydrogen-bond acceptors (Lipinski definition) is 4. The zero-order chi connectivity index (χ0) is 25.1. The predicted octanol–water partition coefficient (Wildman–Crippen LogP) is 4.51. The number of hydrogen-bond donors (Lipinski definition) is 2. The van der Waals surface area contributed by atoms with E-state index in [2.05, 4.69) is 29.6 Å². The first-order valence-corrected chi connectivity index (χ1v) is 12.4. The maximum Gasteiger partial charge on any atom is 0.407 e. The number of carboxylic acids is 1. The summed E-state index contributed by atoms with van der Waals surface area (Å²) in [6.45, 7) is 6.62. The molecule has 186 valence electrons. The number of amides is 2. The highest BCUT2D eigenvalue weighted by Gasteiger charge is 2.41. The van der Waals surface area contributed by atoms with E-state index < -0.39 is 24.0 Å². The number of nitrogens with one attached hydrogen (secondary N) is 1. The average molecular weight is 479 g/mol. The summed E-state index contributed by atoms with van der Waals surface area (Å²) in [5.41, 5.74) is 4.59.